The molecule has 3 N–H and O–H groups in total. The molecular formula is C48H74O15. The molecule has 0 radical (unpaired) electrons. The maximum Gasteiger partial charge on any atom is 0.330 e. The van der Waals surface area contributed by atoms with Gasteiger partial charge >= 0.3 is 17.9 Å². The Morgan fingerprint density at radius 3 is 2.38 bits per heavy atom. The summed E-state index contributed by atoms with van der Waals surface area (Å²) in [4.78, 5) is 39.3. The Labute approximate surface area is 373 Å². The van der Waals surface area contributed by atoms with E-state index in [1.807, 2.05) is 19.1 Å². The third-order valence-electron chi connectivity index (χ3n) is 11.7. The van der Waals surface area contributed by atoms with E-state index in [4.69, 9.17) is 42.6 Å². The molecule has 63 heavy (non-hydrogen) atoms. The fourth-order valence-electron chi connectivity index (χ4n) is 8.00. The highest BCUT2D eigenvalue weighted by Crippen LogP contribution is 2.47. The second-order valence-corrected chi connectivity index (χ2v) is 17.2. The Morgan fingerprint density at radius 2 is 1.65 bits per heavy atom. The number of methoxy groups -OCH3 is 1. The Morgan fingerprint density at radius 1 is 0.905 bits per heavy atom. The normalized spacial score (nSPS) is 29.6. The van der Waals surface area contributed by atoms with Gasteiger partial charge in [0.1, 0.15) is 6.10 Å². The highest BCUT2D eigenvalue weighted by molar-refractivity contribution is 5.83. The second-order valence-electron chi connectivity index (χ2n) is 17.2. The van der Waals surface area contributed by atoms with Crippen LogP contribution in [0.25, 0.3) is 0 Å². The molecule has 8 atom stereocenters. The number of esters is 3. The van der Waals surface area contributed by atoms with Crippen molar-refractivity contribution in [3.8, 4) is 0 Å². The lowest BCUT2D eigenvalue weighted by atomic mass is 9.74. The molecule has 0 saturated carbocycles. The average Bonchev–Trinajstić information content (AvgIpc) is 3.26. The minimum absolute atomic E-state index is 0.0234. The zero-order valence-corrected chi connectivity index (χ0v) is 38.2. The van der Waals surface area contributed by atoms with Crippen LogP contribution in [0.3, 0.4) is 0 Å². The van der Waals surface area contributed by atoms with Gasteiger partial charge in [0.05, 0.1) is 64.4 Å². The van der Waals surface area contributed by atoms with E-state index in [0.29, 0.717) is 52.3 Å². The van der Waals surface area contributed by atoms with E-state index in [2.05, 4.69) is 19.1 Å². The standard InChI is InChI=1S/C48H74O15/c1-6-8-9-10-11-14-42(51)62-46-36(29-43(52)55-5)28-39-31-40(33-49)60-44(53)30-37(50)20-24-58-41(35-17-15-34(16-18-35)13-12-23-57-27-26-56-7-2)32-38-21-25-59-45(61-38)19-22-47(3,4)48(46,54)63-39/h15-19,22,29,37-41,45-46,49-50,54H,6-14,20-21,23-28,30-33H2,1-5H3/b22-19+,36-29+/t37-,38+,39+,40-,41+,45+,46+,48-/m1/s1. The molecule has 0 spiro atoms. The topological polar surface area (TPSA) is 195 Å². The van der Waals surface area contributed by atoms with Crippen molar-refractivity contribution < 1.29 is 72.3 Å². The van der Waals surface area contributed by atoms with Crippen molar-refractivity contribution in [1.82, 2.24) is 0 Å². The van der Waals surface area contributed by atoms with E-state index in [9.17, 15) is 29.7 Å². The molecule has 1 aromatic rings. The molecule has 15 heteroatoms. The van der Waals surface area contributed by atoms with Gasteiger partial charge in [0.25, 0.3) is 0 Å². The molecule has 4 bridgehead atoms. The van der Waals surface area contributed by atoms with Gasteiger partial charge in [0.2, 0.25) is 5.79 Å². The SMILES string of the molecule is CCCCCCCC(=O)O[C@H]1/C(=C/C(=O)OC)C[C@H]2C[C@H](CO)OC(=O)C[C@H](O)CCO[C@H](c3ccc(CCCOCCOCC)cc3)C[C@@H]3CCO[C@H](/C=C/C(C)(C)[C@]1(O)O2)O3. The number of aliphatic hydroxyl groups excluding tert-OH is 2. The van der Waals surface area contributed by atoms with Crippen molar-refractivity contribution >= 4 is 17.9 Å². The van der Waals surface area contributed by atoms with Gasteiger partial charge in [-0.1, -0.05) is 76.8 Å². The minimum atomic E-state index is -2.29. The number of benzene rings is 1. The van der Waals surface area contributed by atoms with Crippen LogP contribution in [0, 0.1) is 5.41 Å². The van der Waals surface area contributed by atoms with Crippen LogP contribution in [0.2, 0.25) is 0 Å². The van der Waals surface area contributed by atoms with Crippen molar-refractivity contribution in [3.63, 3.8) is 0 Å². The fraction of sp³-hybridized carbons (Fsp3) is 0.729. The summed E-state index contributed by atoms with van der Waals surface area (Å²) < 4.78 is 53.0. The number of carbonyl (C=O) groups excluding carboxylic acids is 3. The Bertz CT molecular complexity index is 1580. The summed E-state index contributed by atoms with van der Waals surface area (Å²) in [6.07, 6.45) is 5.50. The predicted octanol–water partition coefficient (Wildman–Crippen LogP) is 6.13. The first-order chi connectivity index (χ1) is 30.3. The molecule has 356 valence electrons. The highest BCUT2D eigenvalue weighted by atomic mass is 16.7. The van der Waals surface area contributed by atoms with Crippen LogP contribution in [0.5, 0.6) is 0 Å². The van der Waals surface area contributed by atoms with Crippen molar-refractivity contribution in [2.24, 2.45) is 5.41 Å². The van der Waals surface area contributed by atoms with Gasteiger partial charge in [-0.3, -0.25) is 9.59 Å². The third-order valence-corrected chi connectivity index (χ3v) is 11.7. The van der Waals surface area contributed by atoms with Gasteiger partial charge < -0.3 is 58.0 Å². The summed E-state index contributed by atoms with van der Waals surface area (Å²) in [6.45, 7) is 9.87. The van der Waals surface area contributed by atoms with E-state index in [0.717, 1.165) is 49.7 Å². The average molecular weight is 891 g/mol. The maximum absolute atomic E-state index is 13.4. The first-order valence-electron chi connectivity index (χ1n) is 23.0. The lowest BCUT2D eigenvalue weighted by Gasteiger charge is -2.51. The van der Waals surface area contributed by atoms with Crippen LogP contribution in [-0.4, -0.2) is 129 Å². The fourth-order valence-corrected chi connectivity index (χ4v) is 8.00. The van der Waals surface area contributed by atoms with Gasteiger partial charge in [0, 0.05) is 50.6 Å². The van der Waals surface area contributed by atoms with Crippen molar-refractivity contribution in [3.05, 3.63) is 59.2 Å². The van der Waals surface area contributed by atoms with Crippen molar-refractivity contribution in [2.75, 3.05) is 53.4 Å². The Kier molecular flexibility index (Phi) is 22.7. The molecule has 2 fully saturated rings. The first-order valence-corrected chi connectivity index (χ1v) is 23.0. The van der Waals surface area contributed by atoms with E-state index in [1.54, 1.807) is 26.0 Å². The summed E-state index contributed by atoms with van der Waals surface area (Å²) in [6, 6.07) is 8.22. The Hall–Kier alpha value is -3.25. The number of aryl methyl sites for hydroxylation is 1. The molecule has 3 aliphatic rings. The summed E-state index contributed by atoms with van der Waals surface area (Å²) in [5.74, 6) is -4.33. The maximum atomic E-state index is 13.4. The van der Waals surface area contributed by atoms with Crippen LogP contribution in [0.4, 0.5) is 0 Å². The van der Waals surface area contributed by atoms with Gasteiger partial charge in [-0.05, 0) is 68.2 Å². The van der Waals surface area contributed by atoms with Crippen LogP contribution >= 0.6 is 0 Å². The number of ether oxygens (including phenoxy) is 9. The molecule has 0 unspecified atom stereocenters. The number of cyclic esters (lactones) is 1. The minimum Gasteiger partial charge on any atom is -0.466 e. The molecule has 3 aliphatic heterocycles. The molecule has 4 rings (SSSR count). The largest absolute Gasteiger partial charge is 0.466 e. The Balaban J connectivity index is 1.62. The summed E-state index contributed by atoms with van der Waals surface area (Å²) in [7, 11) is 1.22. The quantitative estimate of drug-likeness (QED) is 0.0500. The second kappa shape index (κ2) is 27.3. The molecular weight excluding hydrogens is 817 g/mol. The smallest absolute Gasteiger partial charge is 0.330 e. The van der Waals surface area contributed by atoms with Gasteiger partial charge in [-0.15, -0.1) is 0 Å². The molecule has 0 amide bonds. The van der Waals surface area contributed by atoms with E-state index in [-0.39, 0.29) is 50.4 Å². The van der Waals surface area contributed by atoms with Crippen molar-refractivity contribution in [1.29, 1.82) is 0 Å². The zero-order chi connectivity index (χ0) is 45.7. The molecule has 3 heterocycles. The first kappa shape index (κ1) is 52.4. The number of rotatable bonds is 18. The molecule has 2 saturated heterocycles. The predicted molar refractivity (Wildman–Crippen MR) is 232 cm³/mol. The third kappa shape index (κ3) is 17.2. The lowest BCUT2D eigenvalue weighted by Crippen LogP contribution is -2.62. The van der Waals surface area contributed by atoms with E-state index >= 15 is 0 Å². The number of carbonyl (C=O) groups is 3. The van der Waals surface area contributed by atoms with Crippen molar-refractivity contribution in [2.45, 2.75) is 166 Å². The summed E-state index contributed by atoms with van der Waals surface area (Å²) >= 11 is 0. The van der Waals surface area contributed by atoms with Crippen LogP contribution in [-0.2, 0) is 63.4 Å². The molecule has 15 nitrogen and oxygen atoms in total. The molecule has 0 aromatic heterocycles. The van der Waals surface area contributed by atoms with Gasteiger partial charge in [-0.25, -0.2) is 4.79 Å². The number of fused-ring (bicyclic) bond motifs is 4. The van der Waals surface area contributed by atoms with Gasteiger partial charge in [0.15, 0.2) is 12.4 Å². The number of aliphatic hydroxyl groups is 3. The molecule has 0 aliphatic carbocycles. The van der Waals surface area contributed by atoms with E-state index in [1.165, 1.54) is 13.2 Å². The van der Waals surface area contributed by atoms with E-state index < -0.39 is 72.5 Å². The monoisotopic (exact) mass is 891 g/mol. The van der Waals surface area contributed by atoms with Crippen LogP contribution in [0.15, 0.2) is 48.1 Å². The number of hydrogen-bond donors (Lipinski definition) is 3. The van der Waals surface area contributed by atoms with Crippen LogP contribution in [0.1, 0.15) is 128 Å². The zero-order valence-electron chi connectivity index (χ0n) is 38.2. The lowest BCUT2D eigenvalue weighted by molar-refractivity contribution is -0.327. The summed E-state index contributed by atoms with van der Waals surface area (Å²) in [5.41, 5.74) is 0.979. The van der Waals surface area contributed by atoms with Crippen LogP contribution < -0.4 is 0 Å². The van der Waals surface area contributed by atoms with Gasteiger partial charge in [-0.2, -0.15) is 0 Å². The number of unbranched alkanes of at least 4 members (excludes halogenated alkanes) is 4. The molecule has 1 aromatic carbocycles. The highest BCUT2D eigenvalue weighted by Gasteiger charge is 2.57. The number of hydrogen-bond acceptors (Lipinski definition) is 15. The summed E-state index contributed by atoms with van der Waals surface area (Å²) in [5, 5.41) is 34.1.